The van der Waals surface area contributed by atoms with Crippen molar-refractivity contribution in [3.05, 3.63) is 118 Å². The maximum absolute atomic E-state index is 13.4. The number of ether oxygens (including phenoxy) is 2. The summed E-state index contributed by atoms with van der Waals surface area (Å²) in [4.78, 5) is 30.8. The van der Waals surface area contributed by atoms with Crippen LogP contribution in [0.25, 0.3) is 11.1 Å². The van der Waals surface area contributed by atoms with E-state index in [9.17, 15) is 18.0 Å². The largest absolute Gasteiger partial charge is 0.496 e. The number of amides is 1. The van der Waals surface area contributed by atoms with Gasteiger partial charge in [0.05, 0.1) is 12.0 Å². The van der Waals surface area contributed by atoms with Crippen LogP contribution in [0.1, 0.15) is 52.1 Å². The topological polar surface area (TPSA) is 149 Å². The van der Waals surface area contributed by atoms with Gasteiger partial charge in [-0.2, -0.15) is 0 Å². The van der Waals surface area contributed by atoms with Crippen LogP contribution in [0.5, 0.6) is 5.75 Å². The summed E-state index contributed by atoms with van der Waals surface area (Å²) < 4.78 is 39.9. The van der Waals surface area contributed by atoms with Gasteiger partial charge in [-0.3, -0.25) is 9.79 Å². The molecule has 1 atom stereocenters. The van der Waals surface area contributed by atoms with E-state index in [2.05, 4.69) is 27.2 Å². The van der Waals surface area contributed by atoms with Crippen LogP contribution in [0, 0.1) is 20.8 Å². The van der Waals surface area contributed by atoms with Gasteiger partial charge in [-0.25, -0.2) is 17.9 Å². The lowest BCUT2D eigenvalue weighted by Gasteiger charge is -2.19. The Morgan fingerprint density at radius 3 is 2.18 bits per heavy atom. The Labute approximate surface area is 297 Å². The summed E-state index contributed by atoms with van der Waals surface area (Å²) in [6.07, 6.45) is -0.111. The predicted molar refractivity (Wildman–Crippen MR) is 198 cm³/mol. The number of alkyl carbamates (subject to hydrolysis) is 1. The molecule has 0 unspecified atom stereocenters. The fraction of sp³-hybridized carbons (Fsp3) is 0.289. The third-order valence-corrected chi connectivity index (χ3v) is 11.5. The van der Waals surface area contributed by atoms with Crippen molar-refractivity contribution in [2.75, 3.05) is 20.3 Å². The molecular weight excluding hydrogens is 673 g/mol. The highest BCUT2D eigenvalue weighted by Gasteiger charge is 2.30. The van der Waals surface area contributed by atoms with Gasteiger partial charge in [0.1, 0.15) is 18.4 Å². The number of sulfonamides is 1. The molecule has 12 heteroatoms. The van der Waals surface area contributed by atoms with Crippen LogP contribution >= 0.6 is 11.8 Å². The number of rotatable bonds is 13. The highest BCUT2D eigenvalue weighted by Crippen LogP contribution is 2.44. The Morgan fingerprint density at radius 2 is 1.54 bits per heavy atom. The molecule has 0 saturated heterocycles. The van der Waals surface area contributed by atoms with Crippen molar-refractivity contribution in [2.45, 2.75) is 56.2 Å². The average molecular weight is 715 g/mol. The number of fused-ring (bicyclic) bond motifs is 3. The number of methoxy groups -OCH3 is 1. The number of hydrogen-bond acceptors (Lipinski definition) is 8. The minimum absolute atomic E-state index is 0.113. The monoisotopic (exact) mass is 714 g/mol. The third kappa shape index (κ3) is 8.48. The number of aliphatic imine (C=N–C) groups is 1. The highest BCUT2D eigenvalue weighted by molar-refractivity contribution is 8.13. The summed E-state index contributed by atoms with van der Waals surface area (Å²) in [6, 6.07) is 26.5. The number of thioether (sulfide) groups is 1. The predicted octanol–water partition coefficient (Wildman–Crippen LogP) is 6.36. The Hall–Kier alpha value is -4.81. The van der Waals surface area contributed by atoms with Crippen molar-refractivity contribution in [1.82, 2.24) is 10.0 Å². The molecule has 0 bridgehead atoms. The van der Waals surface area contributed by atoms with Crippen molar-refractivity contribution in [3.63, 3.8) is 0 Å². The van der Waals surface area contributed by atoms with E-state index < -0.39 is 22.2 Å². The standard InChI is InChI=1S/C38H42N4O6S2/c1-24-21-34(47-4)25(2)26(3)35(24)50(45,46)42-37(39)40-20-12-19-33(36(43)49-23-27-13-6-5-7-14-27)41-38(44)48-22-32-30-17-10-8-15-28(30)29-16-9-11-18-31(29)32/h5-11,13-18,21,32-33H,12,19-20,22-23H2,1-4H3,(H,41,44)(H3,39,40,42)/t33-/m0/s1. The van der Waals surface area contributed by atoms with Gasteiger partial charge in [0.2, 0.25) is 11.1 Å². The molecule has 4 N–H and O–H groups in total. The van der Waals surface area contributed by atoms with Crippen LogP contribution in [-0.4, -0.2) is 51.9 Å². The number of hydrogen-bond donors (Lipinski definition) is 3. The van der Waals surface area contributed by atoms with E-state index in [1.165, 1.54) is 7.11 Å². The number of carbonyl (C=O) groups excluding carboxylic acids is 2. The molecule has 0 heterocycles. The summed E-state index contributed by atoms with van der Waals surface area (Å²) in [5.41, 5.74) is 13.2. The lowest BCUT2D eigenvalue weighted by molar-refractivity contribution is -0.112. The van der Waals surface area contributed by atoms with Crippen molar-refractivity contribution in [3.8, 4) is 16.9 Å². The van der Waals surface area contributed by atoms with Crippen molar-refractivity contribution in [1.29, 1.82) is 0 Å². The molecule has 262 valence electrons. The van der Waals surface area contributed by atoms with Gasteiger partial charge in [-0.15, -0.1) is 0 Å². The summed E-state index contributed by atoms with van der Waals surface area (Å²) >= 11 is 1.11. The molecule has 4 aromatic carbocycles. The molecule has 0 radical (unpaired) electrons. The molecule has 0 aliphatic heterocycles. The zero-order chi connectivity index (χ0) is 35.8. The normalized spacial score (nSPS) is 13.2. The van der Waals surface area contributed by atoms with Gasteiger partial charge in [-0.1, -0.05) is 90.6 Å². The van der Waals surface area contributed by atoms with Gasteiger partial charge in [0, 0.05) is 18.2 Å². The first-order valence-electron chi connectivity index (χ1n) is 16.3. The number of aryl methyl sites for hydroxylation is 1. The molecule has 0 fully saturated rings. The van der Waals surface area contributed by atoms with Gasteiger partial charge in [-0.05, 0) is 84.2 Å². The fourth-order valence-corrected chi connectivity index (χ4v) is 8.58. The van der Waals surface area contributed by atoms with Crippen molar-refractivity contribution in [2.24, 2.45) is 10.7 Å². The molecule has 1 aliphatic carbocycles. The number of carbonyl (C=O) groups is 2. The zero-order valence-corrected chi connectivity index (χ0v) is 30.2. The summed E-state index contributed by atoms with van der Waals surface area (Å²) in [5.74, 6) is 0.644. The van der Waals surface area contributed by atoms with Crippen LogP contribution in [0.3, 0.4) is 0 Å². The Morgan fingerprint density at radius 1 is 0.920 bits per heavy atom. The first kappa shape index (κ1) is 36.5. The van der Waals surface area contributed by atoms with Gasteiger partial charge in [0.15, 0.2) is 0 Å². The van der Waals surface area contributed by atoms with Crippen LogP contribution in [0.4, 0.5) is 4.79 Å². The van der Waals surface area contributed by atoms with Crippen molar-refractivity contribution < 1.29 is 27.5 Å². The number of nitrogens with zero attached hydrogens (tertiary/aromatic N) is 1. The molecule has 5 rings (SSSR count). The molecule has 4 aromatic rings. The molecule has 50 heavy (non-hydrogen) atoms. The molecule has 1 amide bonds. The van der Waals surface area contributed by atoms with Gasteiger partial charge in [0.25, 0.3) is 10.0 Å². The van der Waals surface area contributed by atoms with Crippen LogP contribution in [0.15, 0.2) is 94.8 Å². The number of guanidine groups is 1. The molecule has 0 saturated carbocycles. The second-order valence-electron chi connectivity index (χ2n) is 12.1. The quantitative estimate of drug-likeness (QED) is 0.0823. The average Bonchev–Trinajstić information content (AvgIpc) is 3.42. The first-order valence-corrected chi connectivity index (χ1v) is 18.8. The van der Waals surface area contributed by atoms with Crippen molar-refractivity contribution >= 4 is 39.0 Å². The summed E-state index contributed by atoms with van der Waals surface area (Å²) in [7, 11) is -2.49. The fourth-order valence-electron chi connectivity index (χ4n) is 6.22. The highest BCUT2D eigenvalue weighted by atomic mass is 32.2. The Bertz CT molecular complexity index is 1950. The van der Waals surface area contributed by atoms with E-state index in [-0.39, 0.29) is 41.5 Å². The molecule has 0 aromatic heterocycles. The summed E-state index contributed by atoms with van der Waals surface area (Å²) in [5, 5.41) is 2.55. The number of nitrogens with two attached hydrogens (primary N) is 1. The number of benzene rings is 4. The van der Waals surface area contributed by atoms with Gasteiger partial charge < -0.3 is 20.5 Å². The maximum Gasteiger partial charge on any atom is 0.407 e. The zero-order valence-electron chi connectivity index (χ0n) is 28.6. The van der Waals surface area contributed by atoms with E-state index >= 15 is 0 Å². The summed E-state index contributed by atoms with van der Waals surface area (Å²) in [6.45, 7) is 5.42. The minimum Gasteiger partial charge on any atom is -0.496 e. The minimum atomic E-state index is -4.03. The smallest absolute Gasteiger partial charge is 0.407 e. The van der Waals surface area contributed by atoms with E-state index in [1.807, 2.05) is 66.7 Å². The second kappa shape index (κ2) is 16.3. The molecule has 10 nitrogen and oxygen atoms in total. The van der Waals surface area contributed by atoms with Crippen LogP contribution in [-0.2, 0) is 25.3 Å². The number of nitrogens with one attached hydrogen (secondary N) is 2. The lowest BCUT2D eigenvalue weighted by atomic mass is 9.98. The molecule has 1 aliphatic rings. The lowest BCUT2D eigenvalue weighted by Crippen LogP contribution is -2.40. The first-order chi connectivity index (χ1) is 24.0. The Balaban J connectivity index is 1.22. The van der Waals surface area contributed by atoms with E-state index in [0.29, 0.717) is 34.6 Å². The van der Waals surface area contributed by atoms with E-state index in [1.54, 1.807) is 26.8 Å². The third-order valence-electron chi connectivity index (χ3n) is 8.78. The van der Waals surface area contributed by atoms with Crippen LogP contribution < -0.4 is 20.5 Å². The van der Waals surface area contributed by atoms with E-state index in [0.717, 1.165) is 39.6 Å². The van der Waals surface area contributed by atoms with Gasteiger partial charge >= 0.3 is 6.09 Å². The molecular formula is C38H42N4O6S2. The van der Waals surface area contributed by atoms with Crippen LogP contribution in [0.2, 0.25) is 0 Å². The maximum atomic E-state index is 13.4. The SMILES string of the molecule is COc1cc(C)c(S(=O)(=O)NC(N)=NCCC[C@H](NC(=O)OCC2c3ccccc3-c3ccccc32)C(=O)SCc2ccccc2)c(C)c1C. The van der Waals surface area contributed by atoms with E-state index in [4.69, 9.17) is 15.2 Å². The Kier molecular flexibility index (Phi) is 11.9. The second-order valence-corrected chi connectivity index (χ2v) is 14.7. The molecule has 0 spiro atoms.